The van der Waals surface area contributed by atoms with Gasteiger partial charge >= 0.3 is 99.8 Å². The molecule has 0 aromatic carbocycles. The molecule has 11 valence electrons. The summed E-state index contributed by atoms with van der Waals surface area (Å²) in [6.07, 6.45) is 0. The third-order valence-corrected chi connectivity index (χ3v) is 0. The molecule has 0 nitrogen and oxygen atoms in total. The van der Waals surface area contributed by atoms with Crippen molar-refractivity contribution in [3.8, 4) is 0 Å². The minimum Gasteiger partial charge on any atom is 0 e. The third-order valence-electron chi connectivity index (χ3n) is 0. The molecule has 0 amide bonds. The zero-order chi connectivity index (χ0) is 0. The van der Waals surface area contributed by atoms with Crippen LogP contribution in [0, 0.1) is 0 Å². The van der Waals surface area contributed by atoms with E-state index in [-0.39, 0.29) is 122 Å². The van der Waals surface area contributed by atoms with Gasteiger partial charge in [-0.25, -0.2) is 0 Å². The van der Waals surface area contributed by atoms with E-state index in [9.17, 15) is 0 Å². The summed E-state index contributed by atoms with van der Waals surface area (Å²) >= 11 is 0. The number of hydrogen-bond donors (Lipinski definition) is 0. The first-order valence-corrected chi connectivity index (χ1v) is 0. The molecule has 4 heavy (non-hydrogen) atoms. The SMILES string of the molecule is [KH].[LiH].[NaH].[Nb]. The maximum absolute atomic E-state index is 0. The van der Waals surface area contributed by atoms with Crippen LogP contribution in [0.1, 0.15) is 0 Å². The van der Waals surface area contributed by atoms with Crippen molar-refractivity contribution < 1.29 is 22.4 Å². The monoisotopic (exact) mass is 165 g/mol. The maximum Gasteiger partial charge on any atom is 0 e. The molecule has 0 aromatic heterocycles. The van der Waals surface area contributed by atoms with Crippen molar-refractivity contribution in [3.63, 3.8) is 0 Å². The van der Waals surface area contributed by atoms with Gasteiger partial charge in [0.15, 0.2) is 0 Å². The van der Waals surface area contributed by atoms with Crippen LogP contribution in [-0.4, -0.2) is 99.8 Å². The Hall–Kier alpha value is 3.97. The molecule has 1 radical (unpaired) electrons. The molecule has 0 N–H and O–H groups in total. The predicted molar refractivity (Wildman–Crippen MR) is 21.4 cm³/mol. The summed E-state index contributed by atoms with van der Waals surface area (Å²) in [5.41, 5.74) is 0. The van der Waals surface area contributed by atoms with Gasteiger partial charge in [0, 0.05) is 22.4 Å². The molecular weight excluding hydrogens is 162 g/mol. The van der Waals surface area contributed by atoms with Gasteiger partial charge in [-0.15, -0.1) is 0 Å². The van der Waals surface area contributed by atoms with Gasteiger partial charge < -0.3 is 0 Å². The molecule has 0 aliphatic carbocycles. The first kappa shape index (κ1) is 24.6. The van der Waals surface area contributed by atoms with E-state index in [1.165, 1.54) is 0 Å². The molecule has 0 saturated carbocycles. The van der Waals surface area contributed by atoms with Crippen LogP contribution >= 0.6 is 0 Å². The molecule has 0 spiro atoms. The number of rotatable bonds is 0. The Morgan fingerprint density at radius 1 is 1.00 bits per heavy atom. The van der Waals surface area contributed by atoms with Gasteiger partial charge in [0.2, 0.25) is 0 Å². The average Bonchev–Trinajstić information content (AvgIpc) is 0. The Morgan fingerprint density at radius 2 is 1.00 bits per heavy atom. The Kier molecular flexibility index (Phi) is 96.8. The van der Waals surface area contributed by atoms with Crippen LogP contribution in [0.5, 0.6) is 0 Å². The second-order valence-corrected chi connectivity index (χ2v) is 0. The van der Waals surface area contributed by atoms with Crippen molar-refractivity contribution in [2.24, 2.45) is 0 Å². The van der Waals surface area contributed by atoms with Gasteiger partial charge in [-0.1, -0.05) is 0 Å². The van der Waals surface area contributed by atoms with Crippen LogP contribution in [0.4, 0.5) is 0 Å². The van der Waals surface area contributed by atoms with Gasteiger partial charge in [-0.3, -0.25) is 0 Å². The maximum atomic E-state index is 0. The van der Waals surface area contributed by atoms with Crippen LogP contribution in [0.25, 0.3) is 0 Å². The Balaban J connectivity index is 0. The Morgan fingerprint density at radius 3 is 1.00 bits per heavy atom. The fourth-order valence-electron chi connectivity index (χ4n) is 0. The Labute approximate surface area is 119 Å². The molecule has 0 fully saturated rings. The summed E-state index contributed by atoms with van der Waals surface area (Å²) in [6, 6.07) is 0. The van der Waals surface area contributed by atoms with Gasteiger partial charge in [0.05, 0.1) is 0 Å². The Bertz CT molecular complexity index is 8.00. The molecule has 0 aliphatic heterocycles. The summed E-state index contributed by atoms with van der Waals surface area (Å²) in [5, 5.41) is 0. The van der Waals surface area contributed by atoms with E-state index < -0.39 is 0 Å². The van der Waals surface area contributed by atoms with E-state index in [2.05, 4.69) is 0 Å². The molecule has 0 bridgehead atoms. The van der Waals surface area contributed by atoms with E-state index in [1.54, 1.807) is 0 Å². The van der Waals surface area contributed by atoms with Crippen molar-refractivity contribution in [2.75, 3.05) is 0 Å². The molecule has 0 atom stereocenters. The largest absolute Gasteiger partial charge is 0 e. The minimum absolute atomic E-state index is 0. The molecule has 0 rings (SSSR count). The van der Waals surface area contributed by atoms with Crippen LogP contribution in [0.3, 0.4) is 0 Å². The van der Waals surface area contributed by atoms with E-state index in [1.807, 2.05) is 0 Å². The van der Waals surface area contributed by atoms with Crippen molar-refractivity contribution in [1.82, 2.24) is 0 Å². The normalized spacial score (nSPS) is 0. The average molecular weight is 165 g/mol. The van der Waals surface area contributed by atoms with Crippen molar-refractivity contribution in [1.29, 1.82) is 0 Å². The standard InChI is InChI=1S/K.Li.Na.Nb.3H. The van der Waals surface area contributed by atoms with Crippen LogP contribution in [-0.2, 0) is 22.4 Å². The summed E-state index contributed by atoms with van der Waals surface area (Å²) in [7, 11) is 0. The zero-order valence-corrected chi connectivity index (χ0v) is 2.65. The van der Waals surface area contributed by atoms with E-state index >= 15 is 0 Å². The molecule has 0 aliphatic rings. The molecule has 0 unspecified atom stereocenters. The second kappa shape index (κ2) is 15.8. The first-order valence-electron chi connectivity index (χ1n) is 0. The smallest absolute Gasteiger partial charge is 0 e. The fourth-order valence-corrected chi connectivity index (χ4v) is 0. The van der Waals surface area contributed by atoms with Gasteiger partial charge in [-0.05, 0) is 0 Å². The van der Waals surface area contributed by atoms with E-state index in [4.69, 9.17) is 0 Å². The fraction of sp³-hybridized carbons (Fsp3) is 0. The van der Waals surface area contributed by atoms with E-state index in [0.717, 1.165) is 0 Å². The predicted octanol–water partition coefficient (Wildman–Crippen LogP) is -1.95. The first-order chi connectivity index (χ1) is 0. The summed E-state index contributed by atoms with van der Waals surface area (Å²) in [6.45, 7) is 0. The molecule has 0 saturated heterocycles. The van der Waals surface area contributed by atoms with Gasteiger partial charge in [0.25, 0.3) is 0 Å². The zero-order valence-electron chi connectivity index (χ0n) is 0.447. The van der Waals surface area contributed by atoms with Crippen LogP contribution in [0.15, 0.2) is 0 Å². The summed E-state index contributed by atoms with van der Waals surface area (Å²) in [4.78, 5) is 0. The van der Waals surface area contributed by atoms with Crippen LogP contribution in [0.2, 0.25) is 0 Å². The number of hydrogen-bond acceptors (Lipinski definition) is 0. The summed E-state index contributed by atoms with van der Waals surface area (Å²) < 4.78 is 0. The van der Waals surface area contributed by atoms with Crippen molar-refractivity contribution >= 4 is 99.8 Å². The topological polar surface area (TPSA) is 0 Å². The van der Waals surface area contributed by atoms with Gasteiger partial charge in [0.1, 0.15) is 0 Å². The summed E-state index contributed by atoms with van der Waals surface area (Å²) in [5.74, 6) is 0. The third kappa shape index (κ3) is 9.36. The van der Waals surface area contributed by atoms with Crippen molar-refractivity contribution in [2.45, 2.75) is 0 Å². The minimum atomic E-state index is 0. The molecule has 0 aromatic rings. The second-order valence-electron chi connectivity index (χ2n) is 0. The molecule has 0 heterocycles. The van der Waals surface area contributed by atoms with E-state index in [0.29, 0.717) is 0 Å². The van der Waals surface area contributed by atoms with Crippen LogP contribution < -0.4 is 0 Å². The molecular formula is H3KLiNaNb. The van der Waals surface area contributed by atoms with Crippen molar-refractivity contribution in [3.05, 3.63) is 0 Å². The molecule has 4 heteroatoms. The van der Waals surface area contributed by atoms with Gasteiger partial charge in [-0.2, -0.15) is 0 Å². The quantitative estimate of drug-likeness (QED) is 0.366.